The average molecular weight is 406 g/mol. The lowest BCUT2D eigenvalue weighted by atomic mass is 10.1. The molecule has 21 heavy (non-hydrogen) atoms. The van der Waals surface area contributed by atoms with Crippen molar-refractivity contribution >= 4 is 46.2 Å². The van der Waals surface area contributed by atoms with Gasteiger partial charge in [-0.25, -0.2) is 9.59 Å². The van der Waals surface area contributed by atoms with E-state index in [1.165, 1.54) is 7.11 Å². The van der Waals surface area contributed by atoms with E-state index < -0.39 is 24.0 Å². The summed E-state index contributed by atoms with van der Waals surface area (Å²) in [7, 11) is 1.22. The molecular weight excluding hydrogens is 391 g/mol. The highest BCUT2D eigenvalue weighted by atomic mass is 127. The minimum absolute atomic E-state index is 0.0399. The summed E-state index contributed by atoms with van der Waals surface area (Å²) in [4.78, 5) is 33.8. The number of urea groups is 1. The van der Waals surface area contributed by atoms with Crippen LogP contribution >= 0.6 is 22.6 Å². The van der Waals surface area contributed by atoms with Crippen molar-refractivity contribution in [3.05, 3.63) is 27.8 Å². The third-order valence-corrected chi connectivity index (χ3v) is 3.22. The number of anilines is 1. The number of nitrogens with one attached hydrogen (secondary N) is 2. The van der Waals surface area contributed by atoms with E-state index >= 15 is 0 Å². The van der Waals surface area contributed by atoms with Gasteiger partial charge in [-0.05, 0) is 47.2 Å². The first-order valence-corrected chi connectivity index (χ1v) is 7.13. The van der Waals surface area contributed by atoms with Gasteiger partial charge in [0.1, 0.15) is 6.04 Å². The Morgan fingerprint density at radius 1 is 1.38 bits per heavy atom. The van der Waals surface area contributed by atoms with Crippen LogP contribution in [0, 0.1) is 3.57 Å². The Morgan fingerprint density at radius 3 is 2.67 bits per heavy atom. The minimum atomic E-state index is -1.21. The molecule has 0 aliphatic heterocycles. The van der Waals surface area contributed by atoms with Crippen molar-refractivity contribution in [3.8, 4) is 0 Å². The quantitative estimate of drug-likeness (QED) is 0.494. The number of halogens is 1. The number of hydrogen-bond acceptors (Lipinski definition) is 4. The smallest absolute Gasteiger partial charge is 0.326 e. The normalized spacial score (nSPS) is 11.3. The molecule has 7 nitrogen and oxygen atoms in total. The maximum atomic E-state index is 11.7. The fourth-order valence-corrected chi connectivity index (χ4v) is 2.06. The zero-order valence-corrected chi connectivity index (χ0v) is 13.4. The summed E-state index contributed by atoms with van der Waals surface area (Å²) in [5, 5.41) is 13.9. The van der Waals surface area contributed by atoms with Gasteiger partial charge in [-0.15, -0.1) is 0 Å². The van der Waals surface area contributed by atoms with Crippen LogP contribution in [0.4, 0.5) is 10.5 Å². The highest BCUT2D eigenvalue weighted by Crippen LogP contribution is 2.12. The van der Waals surface area contributed by atoms with Gasteiger partial charge in [-0.1, -0.05) is 6.07 Å². The summed E-state index contributed by atoms with van der Waals surface area (Å²) in [6.45, 7) is 0. The molecule has 0 aliphatic rings. The number of carbonyl (C=O) groups excluding carboxylic acids is 2. The molecule has 114 valence electrons. The van der Waals surface area contributed by atoms with Crippen molar-refractivity contribution in [1.82, 2.24) is 5.32 Å². The topological polar surface area (TPSA) is 105 Å². The van der Waals surface area contributed by atoms with E-state index in [1.807, 2.05) is 6.07 Å². The maximum absolute atomic E-state index is 11.7. The lowest BCUT2D eigenvalue weighted by Crippen LogP contribution is -2.43. The highest BCUT2D eigenvalue weighted by Gasteiger charge is 2.21. The Morgan fingerprint density at radius 2 is 2.10 bits per heavy atom. The summed E-state index contributed by atoms with van der Waals surface area (Å²) in [6.07, 6.45) is -0.126. The van der Waals surface area contributed by atoms with Crippen LogP contribution in [0.25, 0.3) is 0 Å². The van der Waals surface area contributed by atoms with Crippen molar-refractivity contribution in [2.45, 2.75) is 18.9 Å². The van der Waals surface area contributed by atoms with E-state index in [0.717, 1.165) is 3.57 Å². The first-order valence-electron chi connectivity index (χ1n) is 6.05. The molecule has 2 amide bonds. The molecule has 0 unspecified atom stereocenters. The van der Waals surface area contributed by atoms with Crippen LogP contribution in [0.2, 0.25) is 0 Å². The number of carboxylic acids is 1. The SMILES string of the molecule is COC(=O)CC[C@H](NC(=O)Nc1cccc(I)c1)C(=O)O. The second-order valence-corrected chi connectivity index (χ2v) is 5.36. The Bertz CT molecular complexity index is 535. The summed E-state index contributed by atoms with van der Waals surface area (Å²) in [5.41, 5.74) is 0.552. The summed E-state index contributed by atoms with van der Waals surface area (Å²) >= 11 is 2.10. The molecule has 0 saturated heterocycles. The van der Waals surface area contributed by atoms with Gasteiger partial charge in [0.05, 0.1) is 7.11 Å². The number of esters is 1. The molecule has 0 bridgehead atoms. The van der Waals surface area contributed by atoms with Crippen molar-refractivity contribution in [3.63, 3.8) is 0 Å². The lowest BCUT2D eigenvalue weighted by molar-refractivity contribution is -0.142. The van der Waals surface area contributed by atoms with Crippen LogP contribution < -0.4 is 10.6 Å². The number of aliphatic carboxylic acids is 1. The van der Waals surface area contributed by atoms with Gasteiger partial charge in [0.15, 0.2) is 0 Å². The van der Waals surface area contributed by atoms with Gasteiger partial charge in [-0.2, -0.15) is 0 Å². The van der Waals surface area contributed by atoms with Gasteiger partial charge < -0.3 is 20.5 Å². The lowest BCUT2D eigenvalue weighted by Gasteiger charge is -2.14. The number of hydrogen-bond donors (Lipinski definition) is 3. The molecule has 0 heterocycles. The molecule has 1 rings (SSSR count). The van der Waals surface area contributed by atoms with E-state index in [4.69, 9.17) is 5.11 Å². The summed E-state index contributed by atoms with van der Waals surface area (Å²) in [5.74, 6) is -1.74. The van der Waals surface area contributed by atoms with Gasteiger partial charge >= 0.3 is 18.0 Å². The Labute approximate surface area is 135 Å². The Kier molecular flexibility index (Phi) is 6.92. The van der Waals surface area contributed by atoms with E-state index in [9.17, 15) is 14.4 Å². The fraction of sp³-hybridized carbons (Fsp3) is 0.308. The van der Waals surface area contributed by atoms with Crippen LogP contribution in [0.1, 0.15) is 12.8 Å². The van der Waals surface area contributed by atoms with E-state index in [-0.39, 0.29) is 12.8 Å². The van der Waals surface area contributed by atoms with Gasteiger partial charge in [0.2, 0.25) is 0 Å². The van der Waals surface area contributed by atoms with Gasteiger partial charge in [0.25, 0.3) is 0 Å². The number of ether oxygens (including phenoxy) is 1. The minimum Gasteiger partial charge on any atom is -0.480 e. The molecule has 1 aromatic rings. The molecule has 1 aromatic carbocycles. The van der Waals surface area contributed by atoms with Gasteiger partial charge in [-0.3, -0.25) is 4.79 Å². The van der Waals surface area contributed by atoms with Crippen LogP contribution in [0.5, 0.6) is 0 Å². The van der Waals surface area contributed by atoms with E-state index in [1.54, 1.807) is 18.2 Å². The third-order valence-electron chi connectivity index (χ3n) is 2.55. The first kappa shape index (κ1) is 17.2. The largest absolute Gasteiger partial charge is 0.480 e. The molecule has 0 saturated carbocycles. The number of rotatable bonds is 6. The average Bonchev–Trinajstić information content (AvgIpc) is 2.42. The predicted octanol–water partition coefficient (Wildman–Crippen LogP) is 1.82. The van der Waals surface area contributed by atoms with Crippen molar-refractivity contribution in [1.29, 1.82) is 0 Å². The third kappa shape index (κ3) is 6.43. The second kappa shape index (κ2) is 8.45. The second-order valence-electron chi connectivity index (χ2n) is 4.11. The highest BCUT2D eigenvalue weighted by molar-refractivity contribution is 14.1. The molecule has 0 radical (unpaired) electrons. The summed E-state index contributed by atoms with van der Waals surface area (Å²) < 4.78 is 5.37. The Balaban J connectivity index is 2.56. The molecule has 8 heteroatoms. The molecule has 0 fully saturated rings. The number of benzene rings is 1. The van der Waals surface area contributed by atoms with E-state index in [0.29, 0.717) is 5.69 Å². The zero-order valence-electron chi connectivity index (χ0n) is 11.3. The first-order chi connectivity index (χ1) is 9.92. The fourth-order valence-electron chi connectivity index (χ4n) is 1.51. The number of carbonyl (C=O) groups is 3. The van der Waals surface area contributed by atoms with Crippen LogP contribution in [-0.2, 0) is 14.3 Å². The Hall–Kier alpha value is -1.84. The van der Waals surface area contributed by atoms with Crippen LogP contribution in [-0.4, -0.2) is 36.2 Å². The summed E-state index contributed by atoms with van der Waals surface area (Å²) in [6, 6.07) is 5.25. The van der Waals surface area contributed by atoms with Crippen molar-refractivity contribution in [2.75, 3.05) is 12.4 Å². The number of carboxylic acid groups (broad SMARTS) is 1. The number of amides is 2. The maximum Gasteiger partial charge on any atom is 0.326 e. The van der Waals surface area contributed by atoms with Crippen LogP contribution in [0.3, 0.4) is 0 Å². The monoisotopic (exact) mass is 406 g/mol. The molecule has 1 atom stereocenters. The molecule has 0 aromatic heterocycles. The molecule has 0 spiro atoms. The van der Waals surface area contributed by atoms with Crippen molar-refractivity contribution in [2.24, 2.45) is 0 Å². The van der Waals surface area contributed by atoms with E-state index in [2.05, 4.69) is 38.0 Å². The van der Waals surface area contributed by atoms with Gasteiger partial charge in [0, 0.05) is 15.7 Å². The molecule has 0 aliphatic carbocycles. The predicted molar refractivity (Wildman–Crippen MR) is 84.0 cm³/mol. The zero-order chi connectivity index (χ0) is 15.8. The molecule has 3 N–H and O–H groups in total. The molecular formula is C13H15IN2O5. The standard InChI is InChI=1S/C13H15IN2O5/c1-21-11(17)6-5-10(12(18)19)16-13(20)15-9-4-2-3-8(14)7-9/h2-4,7,10H,5-6H2,1H3,(H,18,19)(H2,15,16,20)/t10-/m0/s1. The number of methoxy groups -OCH3 is 1. The van der Waals surface area contributed by atoms with Crippen molar-refractivity contribution < 1.29 is 24.2 Å². The van der Waals surface area contributed by atoms with Crippen LogP contribution in [0.15, 0.2) is 24.3 Å².